The molecule has 158 valence electrons. The maximum atomic E-state index is 13.8. The van der Waals surface area contributed by atoms with Crippen molar-refractivity contribution in [3.8, 4) is 10.6 Å². The third-order valence-corrected chi connectivity index (χ3v) is 7.15. The molecule has 2 saturated carbocycles. The fraction of sp³-hybridized carbons (Fsp3) is 0.524. The molecular weight excluding hydrogens is 406 g/mol. The Morgan fingerprint density at radius 3 is 2.67 bits per heavy atom. The minimum absolute atomic E-state index is 0.0775. The Morgan fingerprint density at radius 1 is 1.17 bits per heavy atom. The van der Waals surface area contributed by atoms with Crippen molar-refractivity contribution in [1.29, 1.82) is 0 Å². The van der Waals surface area contributed by atoms with E-state index in [1.807, 2.05) is 19.2 Å². The molecule has 6 nitrogen and oxygen atoms in total. The summed E-state index contributed by atoms with van der Waals surface area (Å²) >= 11 is 1.57. The number of aryl methyl sites for hydroxylation is 1. The molecule has 0 unspecified atom stereocenters. The predicted molar refractivity (Wildman–Crippen MR) is 115 cm³/mol. The fourth-order valence-corrected chi connectivity index (χ4v) is 5.43. The Labute approximate surface area is 177 Å². The Morgan fingerprint density at radius 2 is 1.97 bits per heavy atom. The van der Waals surface area contributed by atoms with E-state index in [0.29, 0.717) is 31.0 Å². The first-order valence-electron chi connectivity index (χ1n) is 10.3. The summed E-state index contributed by atoms with van der Waals surface area (Å²) in [5.74, 6) is -2.05. The van der Waals surface area contributed by atoms with Crippen LogP contribution in [0.15, 0.2) is 12.3 Å². The van der Waals surface area contributed by atoms with Gasteiger partial charge in [-0.05, 0) is 52.0 Å². The molecule has 0 bridgehead atoms. The number of anilines is 2. The predicted octanol–water partition coefficient (Wildman–Crippen LogP) is 5.15. The maximum absolute atomic E-state index is 13.8. The van der Waals surface area contributed by atoms with Crippen LogP contribution in [-0.2, 0) is 0 Å². The molecule has 3 N–H and O–H groups in total. The summed E-state index contributed by atoms with van der Waals surface area (Å²) in [4.78, 5) is 18.2. The third kappa shape index (κ3) is 3.59. The summed E-state index contributed by atoms with van der Waals surface area (Å²) in [6.07, 6.45) is 5.72. The summed E-state index contributed by atoms with van der Waals surface area (Å²) in [5.41, 5.74) is 9.42. The Balaban J connectivity index is 1.52. The number of nitrogens with two attached hydrogens (primary N) is 1. The average Bonchev–Trinajstić information content (AvgIpc) is 3.23. The van der Waals surface area contributed by atoms with Gasteiger partial charge in [0, 0.05) is 24.1 Å². The number of hydrogen-bond acceptors (Lipinski definition) is 7. The van der Waals surface area contributed by atoms with Crippen LogP contribution < -0.4 is 11.1 Å². The lowest BCUT2D eigenvalue weighted by atomic mass is 10.0. The molecule has 3 aromatic rings. The van der Waals surface area contributed by atoms with Gasteiger partial charge >= 0.3 is 0 Å². The van der Waals surface area contributed by atoms with Gasteiger partial charge in [0.05, 0.1) is 21.7 Å². The van der Waals surface area contributed by atoms with Crippen LogP contribution in [0, 0.1) is 12.8 Å². The van der Waals surface area contributed by atoms with Gasteiger partial charge in [0.15, 0.2) is 0 Å². The molecule has 0 spiro atoms. The molecule has 0 amide bonds. The number of alkyl halides is 2. The first kappa shape index (κ1) is 19.5. The number of aromatic nitrogens is 4. The molecule has 2 aliphatic carbocycles. The highest BCUT2D eigenvalue weighted by Crippen LogP contribution is 2.45. The number of fused-ring (bicyclic) bond motifs is 1. The molecule has 0 aliphatic heterocycles. The highest BCUT2D eigenvalue weighted by Gasteiger charge is 2.40. The lowest BCUT2D eigenvalue weighted by Crippen LogP contribution is -2.24. The first-order valence-corrected chi connectivity index (χ1v) is 11.2. The van der Waals surface area contributed by atoms with Crippen LogP contribution in [0.3, 0.4) is 0 Å². The molecule has 5 rings (SSSR count). The van der Waals surface area contributed by atoms with Gasteiger partial charge in [0.25, 0.3) is 0 Å². The zero-order valence-electron chi connectivity index (χ0n) is 17.0. The largest absolute Gasteiger partial charge is 0.368 e. The summed E-state index contributed by atoms with van der Waals surface area (Å²) in [7, 11) is 0. The van der Waals surface area contributed by atoms with E-state index in [9.17, 15) is 8.78 Å². The van der Waals surface area contributed by atoms with Crippen LogP contribution in [0.2, 0.25) is 0 Å². The second-order valence-electron chi connectivity index (χ2n) is 8.53. The number of nitrogens with zero attached hydrogens (tertiary/aromatic N) is 4. The van der Waals surface area contributed by atoms with E-state index in [0.717, 1.165) is 51.9 Å². The van der Waals surface area contributed by atoms with Crippen molar-refractivity contribution in [2.24, 2.45) is 5.92 Å². The zero-order chi connectivity index (χ0) is 21.0. The number of nitrogen functional groups attached to an aromatic ring is 1. The number of hydrogen-bond donors (Lipinski definition) is 2. The van der Waals surface area contributed by atoms with Gasteiger partial charge in [-0.1, -0.05) is 0 Å². The van der Waals surface area contributed by atoms with Gasteiger partial charge in [-0.15, -0.1) is 11.3 Å². The van der Waals surface area contributed by atoms with Gasteiger partial charge in [-0.2, -0.15) is 4.98 Å². The SMILES string of the molecule is Cc1nc(N)nc(N[C@H]2CC[C@@H](C(C)(F)F)C2)c1-c1nc2c(C3CC3)nccc2s1. The molecular formula is C21H24F2N6S. The molecule has 0 radical (unpaired) electrons. The van der Waals surface area contributed by atoms with Crippen molar-refractivity contribution >= 4 is 33.3 Å². The molecule has 0 saturated heterocycles. The van der Waals surface area contributed by atoms with Crippen molar-refractivity contribution in [1.82, 2.24) is 19.9 Å². The summed E-state index contributed by atoms with van der Waals surface area (Å²) < 4.78 is 28.6. The third-order valence-electron chi connectivity index (χ3n) is 6.11. The van der Waals surface area contributed by atoms with Crippen molar-refractivity contribution in [2.45, 2.75) is 63.8 Å². The number of thiazole rings is 1. The van der Waals surface area contributed by atoms with Crippen LogP contribution in [0.25, 0.3) is 20.8 Å². The van der Waals surface area contributed by atoms with E-state index >= 15 is 0 Å². The first-order chi connectivity index (χ1) is 14.3. The topological polar surface area (TPSA) is 89.6 Å². The highest BCUT2D eigenvalue weighted by atomic mass is 32.1. The fourth-order valence-electron chi connectivity index (χ4n) is 4.36. The zero-order valence-corrected chi connectivity index (χ0v) is 17.8. The molecule has 9 heteroatoms. The van der Waals surface area contributed by atoms with Crippen LogP contribution in [0.5, 0.6) is 0 Å². The van der Waals surface area contributed by atoms with Crippen LogP contribution in [0.1, 0.15) is 56.3 Å². The van der Waals surface area contributed by atoms with Crippen molar-refractivity contribution < 1.29 is 8.78 Å². The summed E-state index contributed by atoms with van der Waals surface area (Å²) in [6, 6.07) is 1.90. The molecule has 3 heterocycles. The van der Waals surface area contributed by atoms with Crippen molar-refractivity contribution in [3.63, 3.8) is 0 Å². The molecule has 2 atom stereocenters. The lowest BCUT2D eigenvalue weighted by Gasteiger charge is -2.20. The van der Waals surface area contributed by atoms with Crippen LogP contribution in [0.4, 0.5) is 20.5 Å². The summed E-state index contributed by atoms with van der Waals surface area (Å²) in [5, 5.41) is 4.17. The van der Waals surface area contributed by atoms with E-state index in [1.165, 1.54) is 0 Å². The van der Waals surface area contributed by atoms with Crippen molar-refractivity contribution in [2.75, 3.05) is 11.1 Å². The van der Waals surface area contributed by atoms with Gasteiger partial charge < -0.3 is 11.1 Å². The van der Waals surface area contributed by atoms with Crippen molar-refractivity contribution in [3.05, 3.63) is 23.7 Å². The molecule has 2 aliphatic rings. The smallest absolute Gasteiger partial charge is 0.248 e. The second kappa shape index (κ2) is 7.08. The Kier molecular flexibility index (Phi) is 4.61. The van der Waals surface area contributed by atoms with Gasteiger partial charge in [0.2, 0.25) is 11.9 Å². The Bertz CT molecular complexity index is 1100. The van der Waals surface area contributed by atoms with E-state index in [-0.39, 0.29) is 12.0 Å². The number of nitrogens with one attached hydrogen (secondary N) is 1. The van der Waals surface area contributed by atoms with E-state index in [2.05, 4.69) is 20.3 Å². The summed E-state index contributed by atoms with van der Waals surface area (Å²) in [6.45, 7) is 2.88. The number of pyridine rings is 1. The minimum Gasteiger partial charge on any atom is -0.368 e. The van der Waals surface area contributed by atoms with Gasteiger partial charge in [-0.25, -0.2) is 18.7 Å². The minimum atomic E-state index is -2.67. The Hall–Kier alpha value is -2.42. The standard InChI is InChI=1S/C21H24F2N6S/c1-10-15(19-28-17-14(30-19)7-8-25-16(17)11-3-4-11)18(29-20(24)26-10)27-13-6-5-12(9-13)21(2,22)23/h7-8,11-13H,3-6,9H2,1-2H3,(H3,24,26,27,29)/t12-,13+/m1/s1. The molecule has 2 fully saturated rings. The van der Waals surface area contributed by atoms with Crippen LogP contribution >= 0.6 is 11.3 Å². The molecule has 0 aromatic carbocycles. The van der Waals surface area contributed by atoms with E-state index < -0.39 is 11.8 Å². The van der Waals surface area contributed by atoms with Gasteiger partial charge in [-0.3, -0.25) is 4.98 Å². The quantitative estimate of drug-likeness (QED) is 0.582. The molecule has 30 heavy (non-hydrogen) atoms. The van der Waals surface area contributed by atoms with E-state index in [4.69, 9.17) is 10.7 Å². The van der Waals surface area contributed by atoms with E-state index in [1.54, 1.807) is 11.3 Å². The number of rotatable bonds is 5. The lowest BCUT2D eigenvalue weighted by molar-refractivity contribution is -0.0369. The highest BCUT2D eigenvalue weighted by molar-refractivity contribution is 7.21. The van der Waals surface area contributed by atoms with Gasteiger partial charge in [0.1, 0.15) is 16.3 Å². The second-order valence-corrected chi connectivity index (χ2v) is 9.57. The maximum Gasteiger partial charge on any atom is 0.248 e. The van der Waals surface area contributed by atoms with Crippen LogP contribution in [-0.4, -0.2) is 31.9 Å². The average molecular weight is 431 g/mol. The monoisotopic (exact) mass is 430 g/mol. The molecule has 3 aromatic heterocycles. The normalized spacial score (nSPS) is 22.0. The number of halogens is 2.